The monoisotopic (exact) mass is 478 g/mol. The van der Waals surface area contributed by atoms with Gasteiger partial charge in [-0.25, -0.2) is 8.42 Å². The topological polar surface area (TPSA) is 66.5 Å². The third-order valence-corrected chi connectivity index (χ3v) is 8.19. The predicted octanol–water partition coefficient (Wildman–Crippen LogP) is 4.39. The van der Waals surface area contributed by atoms with Crippen LogP contribution in [0.2, 0.25) is 0 Å². The fourth-order valence-electron chi connectivity index (χ4n) is 3.62. The van der Waals surface area contributed by atoms with Crippen LogP contribution in [0.4, 0.5) is 0 Å². The molecule has 2 aromatic carbocycles. The van der Waals surface area contributed by atoms with Gasteiger partial charge in [-0.15, -0.1) is 0 Å². The number of rotatable bonds is 8. The van der Waals surface area contributed by atoms with Gasteiger partial charge in [0.2, 0.25) is 15.9 Å². The van der Waals surface area contributed by atoms with Crippen molar-refractivity contribution in [3.05, 3.63) is 64.1 Å². The van der Waals surface area contributed by atoms with Crippen LogP contribution < -0.4 is 5.32 Å². The molecule has 0 aromatic heterocycles. The fourth-order valence-corrected chi connectivity index (χ4v) is 5.47. The van der Waals surface area contributed by atoms with E-state index in [0.29, 0.717) is 13.1 Å². The summed E-state index contributed by atoms with van der Waals surface area (Å²) in [6.45, 7) is 6.44. The summed E-state index contributed by atoms with van der Waals surface area (Å²) in [5.41, 5.74) is 1.45. The number of carbonyl (C=O) groups excluding carboxylic acids is 1. The molecular weight excluding hydrogens is 452 g/mol. The number of nitrogens with one attached hydrogen (secondary N) is 1. The minimum absolute atomic E-state index is 0.0166. The Labute approximate surface area is 181 Å². The maximum atomic E-state index is 13.0. The van der Waals surface area contributed by atoms with Crippen LogP contribution in [0, 0.1) is 0 Å². The summed E-state index contributed by atoms with van der Waals surface area (Å²) in [6.07, 6.45) is 1.67. The van der Waals surface area contributed by atoms with E-state index in [1.54, 1.807) is 24.3 Å². The third kappa shape index (κ3) is 4.42. The summed E-state index contributed by atoms with van der Waals surface area (Å²) in [4.78, 5) is 13.3. The summed E-state index contributed by atoms with van der Waals surface area (Å²) in [6, 6.07) is 14.5. The summed E-state index contributed by atoms with van der Waals surface area (Å²) >= 11 is 3.48. The smallest absolute Gasteiger partial charge is 0.243 e. The minimum Gasteiger partial charge on any atom is -0.349 e. The Hall–Kier alpha value is -1.70. The van der Waals surface area contributed by atoms with Gasteiger partial charge >= 0.3 is 0 Å². The van der Waals surface area contributed by atoms with Crippen molar-refractivity contribution in [2.24, 2.45) is 0 Å². The van der Waals surface area contributed by atoms with Gasteiger partial charge in [0.15, 0.2) is 0 Å². The molecule has 2 aromatic rings. The van der Waals surface area contributed by atoms with Crippen LogP contribution in [0.25, 0.3) is 0 Å². The van der Waals surface area contributed by atoms with Crippen LogP contribution in [-0.2, 0) is 20.2 Å². The van der Waals surface area contributed by atoms with Crippen molar-refractivity contribution in [2.75, 3.05) is 13.1 Å². The summed E-state index contributed by atoms with van der Waals surface area (Å²) in [7, 11) is -3.48. The quantitative estimate of drug-likeness (QED) is 0.611. The van der Waals surface area contributed by atoms with Gasteiger partial charge in [0.05, 0.1) is 16.4 Å². The molecule has 0 spiro atoms. The molecule has 29 heavy (non-hydrogen) atoms. The second-order valence-corrected chi connectivity index (χ2v) is 10.3. The van der Waals surface area contributed by atoms with E-state index in [2.05, 4.69) is 21.2 Å². The number of nitrogens with zero attached hydrogens (tertiary/aromatic N) is 1. The Balaban J connectivity index is 1.73. The number of benzene rings is 2. The maximum Gasteiger partial charge on any atom is 0.243 e. The zero-order valence-corrected chi connectivity index (χ0v) is 19.4. The normalized spacial score (nSPS) is 16.4. The average Bonchev–Trinajstić information content (AvgIpc) is 3.51. The van der Waals surface area contributed by atoms with Gasteiger partial charge in [0, 0.05) is 17.6 Å². The number of carbonyl (C=O) groups is 1. The lowest BCUT2D eigenvalue weighted by Gasteiger charge is -2.21. The van der Waals surface area contributed by atoms with Crippen LogP contribution in [0.3, 0.4) is 0 Å². The highest BCUT2D eigenvalue weighted by atomic mass is 79.9. The highest BCUT2D eigenvalue weighted by Crippen LogP contribution is 2.49. The zero-order chi connectivity index (χ0) is 21.2. The molecular formula is C22H27BrN2O3S. The van der Waals surface area contributed by atoms with Crippen LogP contribution in [0.5, 0.6) is 0 Å². The van der Waals surface area contributed by atoms with Gasteiger partial charge in [-0.3, -0.25) is 4.79 Å². The third-order valence-electron chi connectivity index (χ3n) is 5.63. The number of halogens is 1. The molecule has 3 rings (SSSR count). The van der Waals surface area contributed by atoms with Crippen molar-refractivity contribution in [3.8, 4) is 0 Å². The van der Waals surface area contributed by atoms with E-state index in [1.165, 1.54) is 4.31 Å². The lowest BCUT2D eigenvalue weighted by molar-refractivity contribution is -0.124. The van der Waals surface area contributed by atoms with Gasteiger partial charge in [-0.2, -0.15) is 4.31 Å². The van der Waals surface area contributed by atoms with Crippen molar-refractivity contribution < 1.29 is 13.2 Å². The van der Waals surface area contributed by atoms with E-state index < -0.39 is 15.4 Å². The molecule has 5 nitrogen and oxygen atoms in total. The van der Waals surface area contributed by atoms with Gasteiger partial charge in [-0.1, -0.05) is 54.0 Å². The fraction of sp³-hybridized carbons (Fsp3) is 0.409. The van der Waals surface area contributed by atoms with E-state index in [1.807, 2.05) is 45.0 Å². The summed E-state index contributed by atoms with van der Waals surface area (Å²) in [5, 5.41) is 3.11. The lowest BCUT2D eigenvalue weighted by atomic mass is 9.94. The van der Waals surface area contributed by atoms with E-state index in [0.717, 1.165) is 28.4 Å². The van der Waals surface area contributed by atoms with Crippen molar-refractivity contribution in [3.63, 3.8) is 0 Å². The first-order chi connectivity index (χ1) is 13.7. The number of hydrogen-bond acceptors (Lipinski definition) is 3. The number of hydrogen-bond donors (Lipinski definition) is 1. The molecule has 1 unspecified atom stereocenters. The Morgan fingerprint density at radius 2 is 1.76 bits per heavy atom. The van der Waals surface area contributed by atoms with E-state index >= 15 is 0 Å². The lowest BCUT2D eigenvalue weighted by Crippen LogP contribution is -2.36. The molecule has 1 aliphatic carbocycles. The van der Waals surface area contributed by atoms with E-state index in [9.17, 15) is 13.2 Å². The maximum absolute atomic E-state index is 13.0. The van der Waals surface area contributed by atoms with Gasteiger partial charge in [-0.05, 0) is 55.2 Å². The highest BCUT2D eigenvalue weighted by Gasteiger charge is 2.51. The summed E-state index contributed by atoms with van der Waals surface area (Å²) in [5.74, 6) is 0.0166. The molecule has 0 bridgehead atoms. The standard InChI is InChI=1S/C22H27BrN2O3S/c1-4-25(5-2)29(27,28)20-11-9-17(10-12-20)16(3)24-21(26)22(13-14-22)18-7-6-8-19(23)15-18/h6-12,15-16H,4-5,13-14H2,1-3H3,(H,24,26). The Morgan fingerprint density at radius 3 is 2.28 bits per heavy atom. The summed E-state index contributed by atoms with van der Waals surface area (Å²) < 4.78 is 27.7. The highest BCUT2D eigenvalue weighted by molar-refractivity contribution is 9.10. The van der Waals surface area contributed by atoms with Crippen molar-refractivity contribution in [1.82, 2.24) is 9.62 Å². The first kappa shape index (κ1) is 22.0. The molecule has 1 N–H and O–H groups in total. The number of amides is 1. The zero-order valence-electron chi connectivity index (χ0n) is 17.0. The average molecular weight is 479 g/mol. The molecule has 1 amide bonds. The Bertz CT molecular complexity index is 981. The SMILES string of the molecule is CCN(CC)S(=O)(=O)c1ccc(C(C)NC(=O)C2(c3cccc(Br)c3)CC2)cc1. The molecule has 0 radical (unpaired) electrons. The largest absolute Gasteiger partial charge is 0.349 e. The van der Waals surface area contributed by atoms with Crippen LogP contribution in [-0.4, -0.2) is 31.7 Å². The Kier molecular flexibility index (Phi) is 6.51. The van der Waals surface area contributed by atoms with Crippen LogP contribution in [0.15, 0.2) is 57.9 Å². The first-order valence-electron chi connectivity index (χ1n) is 9.91. The van der Waals surface area contributed by atoms with E-state index in [4.69, 9.17) is 0 Å². The molecule has 1 aliphatic rings. The van der Waals surface area contributed by atoms with Gasteiger partial charge in [0.25, 0.3) is 0 Å². The van der Waals surface area contributed by atoms with Crippen molar-refractivity contribution >= 4 is 31.9 Å². The molecule has 0 heterocycles. The second kappa shape index (κ2) is 8.58. The van der Waals surface area contributed by atoms with Crippen LogP contribution >= 0.6 is 15.9 Å². The molecule has 0 aliphatic heterocycles. The first-order valence-corrected chi connectivity index (χ1v) is 12.1. The van der Waals surface area contributed by atoms with Crippen LogP contribution in [0.1, 0.15) is 50.8 Å². The Morgan fingerprint density at radius 1 is 1.14 bits per heavy atom. The second-order valence-electron chi connectivity index (χ2n) is 7.45. The minimum atomic E-state index is -3.48. The molecule has 156 valence electrons. The molecule has 0 saturated heterocycles. The van der Waals surface area contributed by atoms with Gasteiger partial charge in [0.1, 0.15) is 0 Å². The van der Waals surface area contributed by atoms with E-state index in [-0.39, 0.29) is 16.8 Å². The molecule has 1 saturated carbocycles. The molecule has 7 heteroatoms. The van der Waals surface area contributed by atoms with Crippen molar-refractivity contribution in [2.45, 2.75) is 50.0 Å². The predicted molar refractivity (Wildman–Crippen MR) is 118 cm³/mol. The molecule has 1 fully saturated rings. The van der Waals surface area contributed by atoms with Gasteiger partial charge < -0.3 is 5.32 Å². The van der Waals surface area contributed by atoms with Crippen molar-refractivity contribution in [1.29, 1.82) is 0 Å². The molecule has 1 atom stereocenters. The number of sulfonamides is 1.